The lowest BCUT2D eigenvalue weighted by atomic mass is 10.2. The molecule has 2 aliphatic rings. The van der Waals surface area contributed by atoms with Crippen LogP contribution in [0.2, 0.25) is 0 Å². The Morgan fingerprint density at radius 2 is 2.20 bits per heavy atom. The fourth-order valence-electron chi connectivity index (χ4n) is 2.85. The SMILES string of the molecule is Cc1cnc(CNc2nc(C3CC3)nc3c2CCC3)[nH]1. The highest BCUT2D eigenvalue weighted by Crippen LogP contribution is 2.40. The monoisotopic (exact) mass is 269 g/mol. The van der Waals surface area contributed by atoms with E-state index < -0.39 is 0 Å². The van der Waals surface area contributed by atoms with Gasteiger partial charge in [-0.15, -0.1) is 0 Å². The lowest BCUT2D eigenvalue weighted by molar-refractivity contribution is 0.868. The van der Waals surface area contributed by atoms with Crippen molar-refractivity contribution in [2.24, 2.45) is 0 Å². The van der Waals surface area contributed by atoms with Gasteiger partial charge < -0.3 is 10.3 Å². The van der Waals surface area contributed by atoms with E-state index >= 15 is 0 Å². The molecule has 0 spiro atoms. The minimum absolute atomic E-state index is 0.604. The molecule has 2 N–H and O–H groups in total. The molecule has 0 bridgehead atoms. The van der Waals surface area contributed by atoms with Crippen LogP contribution in [0.5, 0.6) is 0 Å². The van der Waals surface area contributed by atoms with Gasteiger partial charge in [0.2, 0.25) is 0 Å². The molecule has 0 radical (unpaired) electrons. The van der Waals surface area contributed by atoms with Crippen LogP contribution < -0.4 is 5.32 Å². The molecular formula is C15H19N5. The summed E-state index contributed by atoms with van der Waals surface area (Å²) in [7, 11) is 0. The van der Waals surface area contributed by atoms with E-state index in [0.717, 1.165) is 36.0 Å². The van der Waals surface area contributed by atoms with Crippen molar-refractivity contribution in [3.05, 3.63) is 34.8 Å². The van der Waals surface area contributed by atoms with Crippen LogP contribution in [0, 0.1) is 6.92 Å². The third-order valence-corrected chi connectivity index (χ3v) is 4.07. The Hall–Kier alpha value is -1.91. The molecule has 0 atom stereocenters. The molecule has 2 aromatic rings. The first-order chi connectivity index (χ1) is 9.79. The lowest BCUT2D eigenvalue weighted by Gasteiger charge is -2.11. The minimum Gasteiger partial charge on any atom is -0.363 e. The fourth-order valence-corrected chi connectivity index (χ4v) is 2.85. The Labute approximate surface area is 118 Å². The van der Waals surface area contributed by atoms with Crippen LogP contribution in [0.1, 0.15) is 53.8 Å². The van der Waals surface area contributed by atoms with E-state index in [1.165, 1.54) is 30.5 Å². The van der Waals surface area contributed by atoms with E-state index in [1.807, 2.05) is 13.1 Å². The number of nitrogens with zero attached hydrogens (tertiary/aromatic N) is 3. The average molecular weight is 269 g/mol. The molecule has 0 aromatic carbocycles. The number of anilines is 1. The second-order valence-electron chi connectivity index (χ2n) is 5.85. The summed E-state index contributed by atoms with van der Waals surface area (Å²) >= 11 is 0. The predicted molar refractivity (Wildman–Crippen MR) is 76.7 cm³/mol. The van der Waals surface area contributed by atoms with Crippen molar-refractivity contribution in [1.82, 2.24) is 19.9 Å². The Balaban J connectivity index is 1.59. The van der Waals surface area contributed by atoms with Crippen LogP contribution in [0.15, 0.2) is 6.20 Å². The van der Waals surface area contributed by atoms with Crippen molar-refractivity contribution in [3.8, 4) is 0 Å². The first-order valence-electron chi connectivity index (χ1n) is 7.43. The van der Waals surface area contributed by atoms with E-state index in [2.05, 4.69) is 15.3 Å². The second kappa shape index (κ2) is 4.58. The normalized spacial score (nSPS) is 17.2. The van der Waals surface area contributed by atoms with Gasteiger partial charge in [0.05, 0.1) is 6.54 Å². The summed E-state index contributed by atoms with van der Waals surface area (Å²) in [6, 6.07) is 0. The van der Waals surface area contributed by atoms with E-state index in [1.54, 1.807) is 0 Å². The number of aromatic nitrogens is 4. The molecule has 0 amide bonds. The fraction of sp³-hybridized carbons (Fsp3) is 0.533. The molecule has 4 rings (SSSR count). The summed E-state index contributed by atoms with van der Waals surface area (Å²) in [4.78, 5) is 17.1. The maximum atomic E-state index is 4.76. The van der Waals surface area contributed by atoms with Crippen molar-refractivity contribution in [3.63, 3.8) is 0 Å². The van der Waals surface area contributed by atoms with Crippen LogP contribution >= 0.6 is 0 Å². The van der Waals surface area contributed by atoms with Crippen LogP contribution in [-0.4, -0.2) is 19.9 Å². The zero-order valence-corrected chi connectivity index (χ0v) is 11.7. The van der Waals surface area contributed by atoms with Crippen molar-refractivity contribution in [2.45, 2.75) is 51.5 Å². The smallest absolute Gasteiger partial charge is 0.134 e. The lowest BCUT2D eigenvalue weighted by Crippen LogP contribution is -2.09. The maximum Gasteiger partial charge on any atom is 0.134 e. The maximum absolute atomic E-state index is 4.76. The summed E-state index contributed by atoms with van der Waals surface area (Å²) in [6.07, 6.45) is 7.75. The highest BCUT2D eigenvalue weighted by molar-refractivity contribution is 5.49. The van der Waals surface area contributed by atoms with Crippen molar-refractivity contribution < 1.29 is 0 Å². The van der Waals surface area contributed by atoms with E-state index in [4.69, 9.17) is 9.97 Å². The highest BCUT2D eigenvalue weighted by Gasteiger charge is 2.29. The Morgan fingerprint density at radius 3 is 2.95 bits per heavy atom. The van der Waals surface area contributed by atoms with E-state index in [0.29, 0.717) is 12.5 Å². The number of fused-ring (bicyclic) bond motifs is 1. The number of hydrogen-bond donors (Lipinski definition) is 2. The number of imidazole rings is 1. The molecule has 2 heterocycles. The number of H-pyrrole nitrogens is 1. The van der Waals surface area contributed by atoms with Gasteiger partial charge in [0.1, 0.15) is 17.5 Å². The molecule has 2 aliphatic carbocycles. The number of aryl methyl sites for hydroxylation is 2. The first-order valence-corrected chi connectivity index (χ1v) is 7.43. The first kappa shape index (κ1) is 11.9. The van der Waals surface area contributed by atoms with Gasteiger partial charge in [-0.25, -0.2) is 15.0 Å². The zero-order valence-electron chi connectivity index (χ0n) is 11.7. The summed E-state index contributed by atoms with van der Waals surface area (Å²) in [5.74, 6) is 3.64. The van der Waals surface area contributed by atoms with Gasteiger partial charge in [0.15, 0.2) is 0 Å². The summed E-state index contributed by atoms with van der Waals surface area (Å²) in [5, 5.41) is 3.45. The third kappa shape index (κ3) is 2.17. The summed E-state index contributed by atoms with van der Waals surface area (Å²) in [5.41, 5.74) is 3.67. The number of nitrogens with one attached hydrogen (secondary N) is 2. The number of aromatic amines is 1. The highest BCUT2D eigenvalue weighted by atomic mass is 15.1. The minimum atomic E-state index is 0.604. The standard InChI is InChI=1S/C15H19N5/c1-9-7-16-13(18-9)8-17-15-11-3-2-4-12(11)19-14(20-15)10-5-6-10/h7,10H,2-6,8H2,1H3,(H,16,18)(H,17,19,20). The second-order valence-corrected chi connectivity index (χ2v) is 5.85. The third-order valence-electron chi connectivity index (χ3n) is 4.07. The molecule has 1 fully saturated rings. The van der Waals surface area contributed by atoms with Crippen LogP contribution in [-0.2, 0) is 19.4 Å². The van der Waals surface area contributed by atoms with Gasteiger partial charge in [-0.05, 0) is 39.0 Å². The van der Waals surface area contributed by atoms with Crippen LogP contribution in [0.4, 0.5) is 5.82 Å². The molecule has 2 aromatic heterocycles. The van der Waals surface area contributed by atoms with Gasteiger partial charge in [0, 0.05) is 29.1 Å². The quantitative estimate of drug-likeness (QED) is 0.895. The summed E-state index contributed by atoms with van der Waals surface area (Å²) < 4.78 is 0. The molecule has 0 unspecified atom stereocenters. The predicted octanol–water partition coefficient (Wildman–Crippen LogP) is 2.49. The molecule has 5 heteroatoms. The van der Waals surface area contributed by atoms with E-state index in [-0.39, 0.29) is 0 Å². The van der Waals surface area contributed by atoms with Gasteiger partial charge in [0.25, 0.3) is 0 Å². The zero-order chi connectivity index (χ0) is 13.5. The van der Waals surface area contributed by atoms with Gasteiger partial charge in [-0.3, -0.25) is 0 Å². The molecule has 1 saturated carbocycles. The molecule has 0 saturated heterocycles. The van der Waals surface area contributed by atoms with Crippen molar-refractivity contribution >= 4 is 5.82 Å². The van der Waals surface area contributed by atoms with Crippen LogP contribution in [0.25, 0.3) is 0 Å². The van der Waals surface area contributed by atoms with Gasteiger partial charge in [-0.1, -0.05) is 0 Å². The largest absolute Gasteiger partial charge is 0.363 e. The van der Waals surface area contributed by atoms with Crippen LogP contribution in [0.3, 0.4) is 0 Å². The topological polar surface area (TPSA) is 66.5 Å². The molecule has 20 heavy (non-hydrogen) atoms. The number of hydrogen-bond acceptors (Lipinski definition) is 4. The Kier molecular flexibility index (Phi) is 2.72. The molecule has 0 aliphatic heterocycles. The van der Waals surface area contributed by atoms with Gasteiger partial charge >= 0.3 is 0 Å². The Morgan fingerprint density at radius 1 is 1.30 bits per heavy atom. The van der Waals surface area contributed by atoms with Gasteiger partial charge in [-0.2, -0.15) is 0 Å². The Bertz CT molecular complexity index is 642. The molecule has 104 valence electrons. The molecule has 5 nitrogen and oxygen atoms in total. The van der Waals surface area contributed by atoms with E-state index in [9.17, 15) is 0 Å². The number of rotatable bonds is 4. The molecular weight excluding hydrogens is 250 g/mol. The van der Waals surface area contributed by atoms with Crippen molar-refractivity contribution in [1.29, 1.82) is 0 Å². The average Bonchev–Trinajstić information content (AvgIpc) is 3.05. The van der Waals surface area contributed by atoms with Crippen molar-refractivity contribution in [2.75, 3.05) is 5.32 Å². The summed E-state index contributed by atoms with van der Waals surface area (Å²) in [6.45, 7) is 2.71.